The first kappa shape index (κ1) is 24.8. The Labute approximate surface area is 189 Å². The molecule has 1 aromatic rings. The van der Waals surface area contributed by atoms with Crippen LogP contribution < -0.4 is 9.47 Å². The van der Waals surface area contributed by atoms with E-state index in [0.29, 0.717) is 26.4 Å². The minimum absolute atomic E-state index is 0.245. The molecule has 0 heterocycles. The van der Waals surface area contributed by atoms with Gasteiger partial charge >= 0.3 is 0 Å². The van der Waals surface area contributed by atoms with E-state index in [1.54, 1.807) is 6.08 Å². The van der Waals surface area contributed by atoms with Gasteiger partial charge in [0.25, 0.3) is 0 Å². The van der Waals surface area contributed by atoms with E-state index in [1.165, 1.54) is 5.56 Å². The molecule has 0 atom stereocenters. The molecular weight excluding hydrogens is 519 g/mol. The van der Waals surface area contributed by atoms with Crippen LogP contribution in [0, 0.1) is 6.92 Å². The lowest BCUT2D eigenvalue weighted by molar-refractivity contribution is 0.155. The number of hydrogen-bond donors (Lipinski definition) is 0. The minimum atomic E-state index is 0.245. The first-order valence-corrected chi connectivity index (χ1v) is 11.3. The number of benzene rings is 1. The van der Waals surface area contributed by atoms with Crippen molar-refractivity contribution < 1.29 is 14.2 Å². The fraction of sp³-hybridized carbons (Fsp3) is 0.500. The topological polar surface area (TPSA) is 27.7 Å². The summed E-state index contributed by atoms with van der Waals surface area (Å²) in [5, 5.41) is 0. The molecule has 0 saturated carbocycles. The predicted molar refractivity (Wildman–Crippen MR) is 122 cm³/mol. The third-order valence-corrected chi connectivity index (χ3v) is 4.68. The Morgan fingerprint density at radius 3 is 2.41 bits per heavy atom. The van der Waals surface area contributed by atoms with E-state index >= 15 is 0 Å². The van der Waals surface area contributed by atoms with Crippen molar-refractivity contribution in [2.45, 2.75) is 39.5 Å². The van der Waals surface area contributed by atoms with Gasteiger partial charge in [0.1, 0.15) is 22.6 Å². The number of unbranched alkanes of at least 4 members (excludes halogenated alkanes) is 2. The van der Waals surface area contributed by atoms with Crippen LogP contribution in [0.25, 0.3) is 0 Å². The van der Waals surface area contributed by atoms with Gasteiger partial charge in [-0.15, -0.1) is 0 Å². The maximum Gasteiger partial charge on any atom is 0.125 e. The number of hydrogen-bond acceptors (Lipinski definition) is 3. The van der Waals surface area contributed by atoms with E-state index in [1.807, 2.05) is 12.1 Å². The monoisotopic (exact) mass is 542 g/mol. The van der Waals surface area contributed by atoms with Crippen LogP contribution in [0.3, 0.4) is 0 Å². The number of ether oxygens (including phenoxy) is 3. The Morgan fingerprint density at radius 1 is 1.00 bits per heavy atom. The average Bonchev–Trinajstić information content (AvgIpc) is 2.60. The van der Waals surface area contributed by atoms with Crippen LogP contribution in [0.4, 0.5) is 0 Å². The van der Waals surface area contributed by atoms with Crippen molar-refractivity contribution in [2.24, 2.45) is 0 Å². The molecule has 152 valence electrons. The first-order chi connectivity index (χ1) is 12.9. The molecule has 0 N–H and O–H groups in total. The Bertz CT molecular complexity index is 626. The molecular formula is C20H26Br2Cl2O3. The lowest BCUT2D eigenvalue weighted by Crippen LogP contribution is -2.04. The van der Waals surface area contributed by atoms with Gasteiger partial charge in [0.15, 0.2) is 0 Å². The minimum Gasteiger partial charge on any atom is -0.493 e. The summed E-state index contributed by atoms with van der Waals surface area (Å²) in [5.74, 6) is 1.83. The molecule has 0 spiro atoms. The molecule has 0 aliphatic heterocycles. The predicted octanol–water partition coefficient (Wildman–Crippen LogP) is 7.45. The largest absolute Gasteiger partial charge is 0.493 e. The highest BCUT2D eigenvalue weighted by Gasteiger charge is 2.09. The van der Waals surface area contributed by atoms with Gasteiger partial charge < -0.3 is 14.2 Å². The molecule has 1 rings (SSSR count). The van der Waals surface area contributed by atoms with Gasteiger partial charge in [-0.2, -0.15) is 0 Å². The van der Waals surface area contributed by atoms with Crippen LogP contribution in [0.2, 0.25) is 0 Å². The molecule has 0 aromatic heterocycles. The Kier molecular flexibility index (Phi) is 13.6. The molecule has 0 aliphatic carbocycles. The lowest BCUT2D eigenvalue weighted by Gasteiger charge is -2.15. The zero-order chi connectivity index (χ0) is 20.1. The van der Waals surface area contributed by atoms with E-state index in [4.69, 9.17) is 37.4 Å². The van der Waals surface area contributed by atoms with Crippen LogP contribution in [0.15, 0.2) is 32.2 Å². The second-order valence-corrected chi connectivity index (χ2v) is 9.65. The van der Waals surface area contributed by atoms with Crippen LogP contribution in [0.1, 0.15) is 37.3 Å². The Balaban J connectivity index is 2.39. The molecule has 3 nitrogen and oxygen atoms in total. The van der Waals surface area contributed by atoms with Gasteiger partial charge in [-0.25, -0.2) is 0 Å². The second kappa shape index (κ2) is 14.7. The zero-order valence-corrected chi connectivity index (χ0v) is 20.4. The van der Waals surface area contributed by atoms with Gasteiger partial charge in [0.2, 0.25) is 0 Å². The molecule has 0 amide bonds. The van der Waals surface area contributed by atoms with Crippen LogP contribution in [-0.2, 0) is 11.2 Å². The summed E-state index contributed by atoms with van der Waals surface area (Å²) in [4.78, 5) is 0. The van der Waals surface area contributed by atoms with Crippen molar-refractivity contribution in [1.29, 1.82) is 0 Å². The van der Waals surface area contributed by atoms with Crippen LogP contribution in [-0.4, -0.2) is 26.4 Å². The van der Waals surface area contributed by atoms with Crippen molar-refractivity contribution in [2.75, 3.05) is 26.4 Å². The second-order valence-electron chi connectivity index (χ2n) is 5.86. The Hall–Kier alpha value is -0.200. The van der Waals surface area contributed by atoms with E-state index in [2.05, 4.69) is 51.8 Å². The molecule has 0 bridgehead atoms. The standard InChI is InChI=1S/C20H26Br2Cl2O3/c1-3-16-14-17(26-12-7-18(21)22)13-15(2)20(16)27-10-6-4-5-9-25-11-8-19(23)24/h7-8,13-14H,3-6,9-12H2,1-2H3. The summed E-state index contributed by atoms with van der Waals surface area (Å²) in [6.07, 6.45) is 7.48. The van der Waals surface area contributed by atoms with Crippen molar-refractivity contribution >= 4 is 55.1 Å². The first-order valence-electron chi connectivity index (χ1n) is 8.93. The number of halogens is 4. The molecule has 1 aromatic carbocycles. The molecule has 0 aliphatic rings. The van der Waals surface area contributed by atoms with Crippen molar-refractivity contribution in [3.8, 4) is 11.5 Å². The van der Waals surface area contributed by atoms with Crippen LogP contribution in [0.5, 0.6) is 11.5 Å². The van der Waals surface area contributed by atoms with E-state index in [9.17, 15) is 0 Å². The summed E-state index contributed by atoms with van der Waals surface area (Å²) >= 11 is 17.7. The molecule has 0 unspecified atom stereocenters. The molecule has 0 radical (unpaired) electrons. The van der Waals surface area contributed by atoms with Gasteiger partial charge in [-0.1, -0.05) is 30.1 Å². The van der Waals surface area contributed by atoms with Crippen molar-refractivity contribution in [1.82, 2.24) is 0 Å². The van der Waals surface area contributed by atoms with Gasteiger partial charge in [-0.3, -0.25) is 0 Å². The SMILES string of the molecule is CCc1cc(OCC=C(Br)Br)cc(C)c1OCCCCCOCC=C(Cl)Cl. The highest BCUT2D eigenvalue weighted by atomic mass is 79.9. The van der Waals surface area contributed by atoms with Crippen LogP contribution >= 0.6 is 55.1 Å². The van der Waals surface area contributed by atoms with Gasteiger partial charge in [0.05, 0.1) is 16.6 Å². The summed E-state index contributed by atoms with van der Waals surface area (Å²) in [6.45, 7) is 6.53. The van der Waals surface area contributed by atoms with Crippen molar-refractivity contribution in [3.63, 3.8) is 0 Å². The van der Waals surface area contributed by atoms with E-state index in [0.717, 1.165) is 46.1 Å². The quantitative estimate of drug-likeness (QED) is 0.241. The summed E-state index contributed by atoms with van der Waals surface area (Å²) in [5.41, 5.74) is 2.26. The zero-order valence-electron chi connectivity index (χ0n) is 15.7. The van der Waals surface area contributed by atoms with Gasteiger partial charge in [-0.05, 0) is 99.9 Å². The van der Waals surface area contributed by atoms with E-state index < -0.39 is 0 Å². The number of aryl methyl sites for hydroxylation is 2. The maximum absolute atomic E-state index is 6.05. The highest BCUT2D eigenvalue weighted by molar-refractivity contribution is 9.28. The normalized spacial score (nSPS) is 10.4. The highest BCUT2D eigenvalue weighted by Crippen LogP contribution is 2.30. The summed E-state index contributed by atoms with van der Waals surface area (Å²) in [7, 11) is 0. The fourth-order valence-electron chi connectivity index (χ4n) is 2.43. The summed E-state index contributed by atoms with van der Waals surface area (Å²) in [6, 6.07) is 4.08. The molecule has 7 heteroatoms. The Morgan fingerprint density at radius 2 is 1.74 bits per heavy atom. The van der Waals surface area contributed by atoms with Gasteiger partial charge in [0, 0.05) is 6.61 Å². The molecule has 0 saturated heterocycles. The maximum atomic E-state index is 6.05. The fourth-order valence-corrected chi connectivity index (χ4v) is 2.82. The van der Waals surface area contributed by atoms with Crippen molar-refractivity contribution in [3.05, 3.63) is 43.3 Å². The summed E-state index contributed by atoms with van der Waals surface area (Å²) < 4.78 is 18.4. The lowest BCUT2D eigenvalue weighted by atomic mass is 10.1. The number of rotatable bonds is 13. The average molecular weight is 545 g/mol. The molecule has 0 fully saturated rings. The third kappa shape index (κ3) is 11.4. The smallest absolute Gasteiger partial charge is 0.125 e. The molecule has 27 heavy (non-hydrogen) atoms. The van der Waals surface area contributed by atoms with E-state index in [-0.39, 0.29) is 4.49 Å². The third-order valence-electron chi connectivity index (χ3n) is 3.73.